The lowest BCUT2D eigenvalue weighted by Crippen LogP contribution is -2.49. The van der Waals surface area contributed by atoms with Gasteiger partial charge in [-0.05, 0) is 48.9 Å². The molecular formula is C24H23ClFN3O3S. The van der Waals surface area contributed by atoms with Gasteiger partial charge in [0.25, 0.3) is 15.9 Å². The normalized spacial score (nSPS) is 14.3. The molecule has 1 amide bonds. The second-order valence-corrected chi connectivity index (χ2v) is 9.85. The Labute approximate surface area is 197 Å². The summed E-state index contributed by atoms with van der Waals surface area (Å²) in [4.78, 5) is 16.4. The lowest BCUT2D eigenvalue weighted by atomic mass is 10.1. The largest absolute Gasteiger partial charge is 0.366 e. The summed E-state index contributed by atoms with van der Waals surface area (Å²) >= 11 is 6.19. The van der Waals surface area contributed by atoms with E-state index in [1.807, 2.05) is 11.0 Å². The van der Waals surface area contributed by atoms with E-state index >= 15 is 0 Å². The van der Waals surface area contributed by atoms with Gasteiger partial charge in [-0.25, -0.2) is 12.8 Å². The minimum absolute atomic E-state index is 0.0250. The van der Waals surface area contributed by atoms with Gasteiger partial charge in [0.1, 0.15) is 10.7 Å². The van der Waals surface area contributed by atoms with Gasteiger partial charge >= 0.3 is 0 Å². The molecule has 0 atom stereocenters. The Hall–Kier alpha value is -3.10. The summed E-state index contributed by atoms with van der Waals surface area (Å²) < 4.78 is 42.6. The van der Waals surface area contributed by atoms with Crippen LogP contribution in [0.4, 0.5) is 15.8 Å². The molecule has 1 fully saturated rings. The second-order valence-electron chi connectivity index (χ2n) is 7.80. The third-order valence-corrected chi connectivity index (χ3v) is 7.46. The molecule has 172 valence electrons. The van der Waals surface area contributed by atoms with Crippen molar-refractivity contribution in [2.45, 2.75) is 11.8 Å². The van der Waals surface area contributed by atoms with E-state index in [1.165, 1.54) is 24.3 Å². The van der Waals surface area contributed by atoms with Crippen LogP contribution >= 0.6 is 11.6 Å². The van der Waals surface area contributed by atoms with Crippen LogP contribution in [0.15, 0.2) is 71.6 Å². The van der Waals surface area contributed by atoms with Crippen LogP contribution in [0.3, 0.4) is 0 Å². The summed E-state index contributed by atoms with van der Waals surface area (Å²) in [5, 5.41) is 0.0250. The molecule has 6 nitrogen and oxygen atoms in total. The quantitative estimate of drug-likeness (QED) is 0.573. The number of anilines is 2. The molecule has 1 aliphatic rings. The molecule has 33 heavy (non-hydrogen) atoms. The summed E-state index contributed by atoms with van der Waals surface area (Å²) in [7, 11) is -4.01. The van der Waals surface area contributed by atoms with Crippen LogP contribution in [-0.2, 0) is 10.0 Å². The van der Waals surface area contributed by atoms with Crippen molar-refractivity contribution in [2.24, 2.45) is 0 Å². The van der Waals surface area contributed by atoms with Crippen molar-refractivity contribution in [3.8, 4) is 0 Å². The fourth-order valence-corrected chi connectivity index (χ4v) is 5.43. The molecule has 0 aromatic heterocycles. The topological polar surface area (TPSA) is 69.7 Å². The minimum Gasteiger partial charge on any atom is -0.366 e. The third-order valence-electron chi connectivity index (χ3n) is 5.62. The first-order valence-electron chi connectivity index (χ1n) is 10.4. The van der Waals surface area contributed by atoms with Crippen molar-refractivity contribution in [3.05, 3.63) is 88.7 Å². The zero-order valence-corrected chi connectivity index (χ0v) is 19.5. The van der Waals surface area contributed by atoms with E-state index in [0.717, 1.165) is 5.56 Å². The van der Waals surface area contributed by atoms with Crippen LogP contribution in [-0.4, -0.2) is 45.4 Å². The molecule has 0 spiro atoms. The van der Waals surface area contributed by atoms with Crippen LogP contribution in [0.2, 0.25) is 5.02 Å². The summed E-state index contributed by atoms with van der Waals surface area (Å²) in [6.07, 6.45) is 0. The number of sulfonamides is 1. The molecule has 0 bridgehead atoms. The van der Waals surface area contributed by atoms with E-state index < -0.39 is 10.0 Å². The lowest BCUT2D eigenvalue weighted by Gasteiger charge is -2.36. The molecule has 1 N–H and O–H groups in total. The monoisotopic (exact) mass is 487 g/mol. The first kappa shape index (κ1) is 23.1. The predicted octanol–water partition coefficient (Wildman–Crippen LogP) is 4.55. The highest BCUT2D eigenvalue weighted by molar-refractivity contribution is 7.92. The molecule has 0 unspecified atom stereocenters. The molecule has 0 aliphatic carbocycles. The van der Waals surface area contributed by atoms with Gasteiger partial charge < -0.3 is 9.80 Å². The Morgan fingerprint density at radius 3 is 2.33 bits per heavy atom. The number of nitrogens with zero attached hydrogens (tertiary/aromatic N) is 2. The van der Waals surface area contributed by atoms with Crippen LogP contribution < -0.4 is 9.62 Å². The number of aryl methyl sites for hydroxylation is 1. The number of amides is 1. The Morgan fingerprint density at radius 2 is 1.64 bits per heavy atom. The van der Waals surface area contributed by atoms with Gasteiger partial charge in [-0.1, -0.05) is 41.9 Å². The molecule has 3 aromatic rings. The Balaban J connectivity index is 1.51. The van der Waals surface area contributed by atoms with Gasteiger partial charge in [0.15, 0.2) is 0 Å². The highest BCUT2D eigenvalue weighted by Gasteiger charge is 2.26. The third kappa shape index (κ3) is 4.96. The number of hydrogen-bond acceptors (Lipinski definition) is 4. The van der Waals surface area contributed by atoms with Crippen molar-refractivity contribution in [3.63, 3.8) is 0 Å². The standard InChI is InChI=1S/C24H23ClFN3O3S/c1-17-6-2-4-8-21(17)27-33(31,32)23-16-18(10-11-19(23)25)24(30)29-14-12-28(13-15-29)22-9-5-3-7-20(22)26/h2-11,16,27H,12-15H2,1H3. The average Bonchev–Trinajstić information content (AvgIpc) is 2.81. The Bertz CT molecular complexity index is 1290. The lowest BCUT2D eigenvalue weighted by molar-refractivity contribution is 0.0746. The van der Waals surface area contributed by atoms with E-state index in [2.05, 4.69) is 4.72 Å². The van der Waals surface area contributed by atoms with Gasteiger partial charge in [0.2, 0.25) is 0 Å². The first-order valence-corrected chi connectivity index (χ1v) is 12.3. The van der Waals surface area contributed by atoms with E-state index in [1.54, 1.807) is 48.2 Å². The fraction of sp³-hybridized carbons (Fsp3) is 0.208. The van der Waals surface area contributed by atoms with E-state index in [9.17, 15) is 17.6 Å². The maximum Gasteiger partial charge on any atom is 0.263 e. The maximum absolute atomic E-state index is 14.1. The number of nitrogens with one attached hydrogen (secondary N) is 1. The van der Waals surface area contributed by atoms with Crippen LogP contribution in [0.5, 0.6) is 0 Å². The molecule has 1 saturated heterocycles. The highest BCUT2D eigenvalue weighted by Crippen LogP contribution is 2.27. The van der Waals surface area contributed by atoms with Crippen LogP contribution in [0.25, 0.3) is 0 Å². The molecule has 4 rings (SSSR count). The molecule has 3 aromatic carbocycles. The van der Waals surface area contributed by atoms with Gasteiger partial charge in [-0.2, -0.15) is 0 Å². The summed E-state index contributed by atoms with van der Waals surface area (Å²) in [5.74, 6) is -0.599. The van der Waals surface area contributed by atoms with Gasteiger partial charge in [-0.3, -0.25) is 9.52 Å². The number of piperazine rings is 1. The zero-order valence-electron chi connectivity index (χ0n) is 18.0. The van der Waals surface area contributed by atoms with Crippen molar-refractivity contribution >= 4 is 38.9 Å². The minimum atomic E-state index is -4.01. The van der Waals surface area contributed by atoms with Crippen LogP contribution in [0.1, 0.15) is 15.9 Å². The number of para-hydroxylation sites is 2. The van der Waals surface area contributed by atoms with Crippen LogP contribution in [0, 0.1) is 12.7 Å². The molecular weight excluding hydrogens is 465 g/mol. The fourth-order valence-electron chi connectivity index (χ4n) is 3.77. The second kappa shape index (κ2) is 9.41. The number of carbonyl (C=O) groups is 1. The first-order chi connectivity index (χ1) is 15.8. The Morgan fingerprint density at radius 1 is 0.970 bits per heavy atom. The number of hydrogen-bond donors (Lipinski definition) is 1. The summed E-state index contributed by atoms with van der Waals surface area (Å²) in [6.45, 7) is 3.51. The number of carbonyl (C=O) groups excluding carboxylic acids is 1. The average molecular weight is 488 g/mol. The molecule has 1 heterocycles. The van der Waals surface area contributed by atoms with Crippen molar-refractivity contribution in [1.29, 1.82) is 0 Å². The van der Waals surface area contributed by atoms with Crippen molar-refractivity contribution < 1.29 is 17.6 Å². The van der Waals surface area contributed by atoms with E-state index in [0.29, 0.717) is 37.6 Å². The van der Waals surface area contributed by atoms with Gasteiger partial charge in [0, 0.05) is 31.7 Å². The summed E-state index contributed by atoms with van der Waals surface area (Å²) in [5.41, 5.74) is 1.93. The van der Waals surface area contributed by atoms with Crippen molar-refractivity contribution in [1.82, 2.24) is 4.90 Å². The number of halogens is 2. The van der Waals surface area contributed by atoms with E-state index in [4.69, 9.17) is 11.6 Å². The molecule has 0 radical (unpaired) electrons. The predicted molar refractivity (Wildman–Crippen MR) is 128 cm³/mol. The molecule has 0 saturated carbocycles. The number of benzene rings is 3. The SMILES string of the molecule is Cc1ccccc1NS(=O)(=O)c1cc(C(=O)N2CCN(c3ccccc3F)CC2)ccc1Cl. The maximum atomic E-state index is 14.1. The Kier molecular flexibility index (Phi) is 6.58. The smallest absolute Gasteiger partial charge is 0.263 e. The number of rotatable bonds is 5. The highest BCUT2D eigenvalue weighted by atomic mass is 35.5. The zero-order chi connectivity index (χ0) is 23.6. The van der Waals surface area contributed by atoms with E-state index in [-0.39, 0.29) is 27.2 Å². The molecule has 9 heteroatoms. The summed E-state index contributed by atoms with van der Waals surface area (Å²) in [6, 6.07) is 17.8. The molecule has 1 aliphatic heterocycles. The van der Waals surface area contributed by atoms with Crippen molar-refractivity contribution in [2.75, 3.05) is 35.8 Å². The van der Waals surface area contributed by atoms with Gasteiger partial charge in [0.05, 0.1) is 16.4 Å². The van der Waals surface area contributed by atoms with Gasteiger partial charge in [-0.15, -0.1) is 0 Å².